The minimum Gasteiger partial charge on any atom is -0.345 e. The second-order valence-corrected chi connectivity index (χ2v) is 12.5. The molecule has 2 amide bonds. The highest BCUT2D eigenvalue weighted by Gasteiger charge is 2.33. The van der Waals surface area contributed by atoms with Crippen LogP contribution in [0.1, 0.15) is 50.2 Å². The zero-order valence-electron chi connectivity index (χ0n) is 24.6. The van der Waals surface area contributed by atoms with Crippen LogP contribution >= 0.6 is 23.1 Å². The number of thioether (sulfide) groups is 1. The molecule has 1 aliphatic rings. The smallest absolute Gasteiger partial charge is 0.254 e. The lowest BCUT2D eigenvalue weighted by Gasteiger charge is -2.22. The number of hydrogen-bond acceptors (Lipinski definition) is 7. The number of aromatic nitrogens is 3. The summed E-state index contributed by atoms with van der Waals surface area (Å²) in [5.41, 5.74) is 4.18. The van der Waals surface area contributed by atoms with Crippen LogP contribution in [0.2, 0.25) is 0 Å². The lowest BCUT2D eigenvalue weighted by atomic mass is 10.00. The molecule has 5 aromatic rings. The fourth-order valence-corrected chi connectivity index (χ4v) is 6.70. The highest BCUT2D eigenvalue weighted by atomic mass is 32.2. The number of hydrogen-bond donors (Lipinski definition) is 1. The third kappa shape index (κ3) is 7.21. The second-order valence-electron chi connectivity index (χ2n) is 10.6. The first-order valence-corrected chi connectivity index (χ1v) is 16.4. The average molecular weight is 639 g/mol. The maximum atomic E-state index is 14.2. The van der Waals surface area contributed by atoms with E-state index in [9.17, 15) is 14.0 Å². The van der Waals surface area contributed by atoms with E-state index in [-0.39, 0.29) is 29.8 Å². The zero-order chi connectivity index (χ0) is 31.2. The lowest BCUT2D eigenvalue weighted by molar-refractivity contribution is -0.130. The number of carbonyl (C=O) groups excluding carboxylic acids is 2. The molecule has 6 rings (SSSR count). The van der Waals surface area contributed by atoms with E-state index in [1.54, 1.807) is 22.4 Å². The van der Waals surface area contributed by atoms with Crippen molar-refractivity contribution in [3.8, 4) is 0 Å². The number of nitrogens with one attached hydrogen (secondary N) is 1. The van der Waals surface area contributed by atoms with Crippen molar-refractivity contribution in [1.29, 1.82) is 0 Å². The molecule has 3 aromatic carbocycles. The Morgan fingerprint density at radius 2 is 1.76 bits per heavy atom. The molecule has 0 radical (unpaired) electrons. The summed E-state index contributed by atoms with van der Waals surface area (Å²) in [6.07, 6.45) is 1.34. The topological polar surface area (TPSA) is 92.5 Å². The van der Waals surface area contributed by atoms with Gasteiger partial charge in [-0.25, -0.2) is 9.40 Å². The molecule has 0 fully saturated rings. The summed E-state index contributed by atoms with van der Waals surface area (Å²) in [4.78, 5) is 27.5. The van der Waals surface area contributed by atoms with Gasteiger partial charge in [0.2, 0.25) is 0 Å². The van der Waals surface area contributed by atoms with Crippen molar-refractivity contribution in [2.24, 2.45) is 5.10 Å². The van der Waals surface area contributed by atoms with Gasteiger partial charge < -0.3 is 9.88 Å². The number of benzene rings is 3. The Balaban J connectivity index is 1.20. The second kappa shape index (κ2) is 14.0. The highest BCUT2D eigenvalue weighted by Crippen LogP contribution is 2.35. The van der Waals surface area contributed by atoms with Crippen molar-refractivity contribution in [2.45, 2.75) is 44.1 Å². The Labute approximate surface area is 269 Å². The summed E-state index contributed by atoms with van der Waals surface area (Å²) in [6, 6.07) is 27.9. The molecule has 228 valence electrons. The van der Waals surface area contributed by atoms with E-state index in [1.807, 2.05) is 59.3 Å². The summed E-state index contributed by atoms with van der Waals surface area (Å²) in [6.45, 7) is 2.63. The summed E-state index contributed by atoms with van der Waals surface area (Å²) < 4.78 is 16.1. The van der Waals surface area contributed by atoms with E-state index >= 15 is 0 Å². The van der Waals surface area contributed by atoms with Gasteiger partial charge in [0.05, 0.1) is 34.5 Å². The molecule has 3 heterocycles. The maximum Gasteiger partial charge on any atom is 0.254 e. The number of rotatable bonds is 11. The third-order valence-electron chi connectivity index (χ3n) is 7.54. The van der Waals surface area contributed by atoms with Gasteiger partial charge in [0.15, 0.2) is 11.0 Å². The van der Waals surface area contributed by atoms with Crippen LogP contribution in [-0.4, -0.2) is 43.1 Å². The predicted molar refractivity (Wildman–Crippen MR) is 175 cm³/mol. The summed E-state index contributed by atoms with van der Waals surface area (Å²) in [7, 11) is 0. The third-order valence-corrected chi connectivity index (χ3v) is 9.41. The van der Waals surface area contributed by atoms with Crippen LogP contribution in [0.15, 0.2) is 107 Å². The van der Waals surface area contributed by atoms with E-state index in [1.165, 1.54) is 30.0 Å². The predicted octanol–water partition coefficient (Wildman–Crippen LogP) is 6.43. The molecule has 45 heavy (non-hydrogen) atoms. The van der Waals surface area contributed by atoms with E-state index in [0.29, 0.717) is 30.4 Å². The highest BCUT2D eigenvalue weighted by molar-refractivity contribution is 7.99. The largest absolute Gasteiger partial charge is 0.345 e. The minimum atomic E-state index is -0.592. The number of hydrazone groups is 1. The van der Waals surface area contributed by atoms with Crippen LogP contribution in [0.4, 0.5) is 4.39 Å². The van der Waals surface area contributed by atoms with E-state index in [4.69, 9.17) is 5.10 Å². The molecule has 0 unspecified atom stereocenters. The number of carbonyl (C=O) groups is 2. The molecule has 8 nitrogen and oxygen atoms in total. The molecular formula is C34H31FN6O2S2. The fourth-order valence-electron chi connectivity index (χ4n) is 5.14. The number of aryl methyl sites for hydroxylation is 2. The first kappa shape index (κ1) is 30.4. The number of amides is 2. The number of thiophene rings is 1. The van der Waals surface area contributed by atoms with E-state index in [2.05, 4.69) is 39.8 Å². The lowest BCUT2D eigenvalue weighted by Crippen LogP contribution is -2.29. The van der Waals surface area contributed by atoms with Crippen molar-refractivity contribution in [2.75, 3.05) is 5.75 Å². The van der Waals surface area contributed by atoms with Crippen LogP contribution in [0.5, 0.6) is 0 Å². The number of nitrogens with zero attached hydrogens (tertiary/aromatic N) is 5. The van der Waals surface area contributed by atoms with Gasteiger partial charge in [0.25, 0.3) is 11.8 Å². The number of halogens is 1. The Hall–Kier alpha value is -4.61. The van der Waals surface area contributed by atoms with Gasteiger partial charge >= 0.3 is 0 Å². The first-order valence-electron chi connectivity index (χ1n) is 14.6. The van der Waals surface area contributed by atoms with Crippen LogP contribution in [0.3, 0.4) is 0 Å². The van der Waals surface area contributed by atoms with Crippen LogP contribution < -0.4 is 5.32 Å². The van der Waals surface area contributed by atoms with Crippen LogP contribution in [0.25, 0.3) is 0 Å². The standard InChI is InChI=1S/C34H31FN6O2S2/c1-23-13-15-25(16-14-23)29-20-28(30-12-7-19-44-30)39-41(29)32(42)22-45-34-38-37-31(40(34)18-17-24-8-3-2-4-9-24)21-36-33(43)26-10-5-6-11-27(26)35/h2-16,19,29H,17-18,20-22H2,1H3,(H,36,43)/t29-/m1/s1. The molecule has 0 aliphatic carbocycles. The first-order chi connectivity index (χ1) is 22.0. The molecule has 1 atom stereocenters. The van der Waals surface area contributed by atoms with Crippen molar-refractivity contribution < 1.29 is 14.0 Å². The minimum absolute atomic E-state index is 0.0377. The molecule has 1 aliphatic heterocycles. The van der Waals surface area contributed by atoms with Crippen molar-refractivity contribution >= 4 is 40.6 Å². The van der Waals surface area contributed by atoms with Crippen molar-refractivity contribution in [3.05, 3.63) is 135 Å². The Morgan fingerprint density at radius 3 is 2.51 bits per heavy atom. The Bertz CT molecular complexity index is 1810. The average Bonchev–Trinajstić information content (AvgIpc) is 3.83. The summed E-state index contributed by atoms with van der Waals surface area (Å²) in [5, 5.41) is 20.4. The molecule has 11 heteroatoms. The van der Waals surface area contributed by atoms with Gasteiger partial charge in [-0.3, -0.25) is 9.59 Å². The van der Waals surface area contributed by atoms with Gasteiger partial charge in [-0.15, -0.1) is 21.5 Å². The maximum absolute atomic E-state index is 14.2. The SMILES string of the molecule is Cc1ccc([C@H]2CC(c3cccs3)=NN2C(=O)CSc2nnc(CNC(=O)c3ccccc3F)n2CCc2ccccc2)cc1. The summed E-state index contributed by atoms with van der Waals surface area (Å²) >= 11 is 2.90. The zero-order valence-corrected chi connectivity index (χ0v) is 26.2. The fraction of sp³-hybridized carbons (Fsp3) is 0.206. The van der Waals surface area contributed by atoms with E-state index < -0.39 is 11.7 Å². The molecule has 1 N–H and O–H groups in total. The quantitative estimate of drug-likeness (QED) is 0.168. The van der Waals surface area contributed by atoms with Crippen LogP contribution in [0, 0.1) is 12.7 Å². The van der Waals surface area contributed by atoms with Crippen molar-refractivity contribution in [3.63, 3.8) is 0 Å². The molecule has 0 saturated carbocycles. The molecule has 0 saturated heterocycles. The van der Waals surface area contributed by atoms with Gasteiger partial charge in [-0.1, -0.05) is 90.1 Å². The van der Waals surface area contributed by atoms with Gasteiger partial charge in [0.1, 0.15) is 5.82 Å². The van der Waals surface area contributed by atoms with Gasteiger partial charge in [0, 0.05) is 13.0 Å². The Kier molecular flexibility index (Phi) is 9.46. The molecule has 0 bridgehead atoms. The van der Waals surface area contributed by atoms with Gasteiger partial charge in [-0.05, 0) is 48.1 Å². The van der Waals surface area contributed by atoms with Crippen LogP contribution in [-0.2, 0) is 24.3 Å². The van der Waals surface area contributed by atoms with Crippen molar-refractivity contribution in [1.82, 2.24) is 25.1 Å². The molecular weight excluding hydrogens is 608 g/mol. The Morgan fingerprint density at radius 1 is 0.978 bits per heavy atom. The van der Waals surface area contributed by atoms with E-state index in [0.717, 1.165) is 27.3 Å². The monoisotopic (exact) mass is 638 g/mol. The normalized spacial score (nSPS) is 14.4. The van der Waals surface area contributed by atoms with Gasteiger partial charge in [-0.2, -0.15) is 5.10 Å². The molecule has 0 spiro atoms. The molecule has 2 aromatic heterocycles. The summed E-state index contributed by atoms with van der Waals surface area (Å²) in [5.74, 6) is -0.641.